The minimum atomic E-state index is 0.168. The Bertz CT molecular complexity index is 410. The van der Waals surface area contributed by atoms with Crippen molar-refractivity contribution in [1.29, 1.82) is 0 Å². The maximum Gasteiger partial charge on any atom is 0.124 e. The first-order valence-corrected chi connectivity index (χ1v) is 8.02. The van der Waals surface area contributed by atoms with Gasteiger partial charge < -0.3 is 10.5 Å². The molecule has 0 aliphatic heterocycles. The normalized spacial score (nSPS) is 18.6. The molecule has 0 saturated heterocycles. The monoisotopic (exact) mass is 275 g/mol. The molecule has 1 unspecified atom stereocenters. The minimum Gasteiger partial charge on any atom is -0.496 e. The largest absolute Gasteiger partial charge is 0.496 e. The fourth-order valence-electron chi connectivity index (χ4n) is 3.61. The highest BCUT2D eigenvalue weighted by Crippen LogP contribution is 2.32. The molecule has 1 atom stereocenters. The third-order valence-corrected chi connectivity index (χ3v) is 4.68. The van der Waals surface area contributed by atoms with Crippen LogP contribution >= 0.6 is 0 Å². The molecule has 1 aliphatic rings. The zero-order chi connectivity index (χ0) is 14.5. The number of benzene rings is 1. The van der Waals surface area contributed by atoms with Crippen LogP contribution in [-0.2, 0) is 0 Å². The Hall–Kier alpha value is -1.02. The number of nitrogens with two attached hydrogens (primary N) is 1. The number of rotatable bonds is 4. The molecule has 2 nitrogen and oxygen atoms in total. The van der Waals surface area contributed by atoms with Gasteiger partial charge in [0, 0.05) is 6.04 Å². The Morgan fingerprint density at radius 2 is 1.65 bits per heavy atom. The smallest absolute Gasteiger partial charge is 0.124 e. The predicted molar refractivity (Wildman–Crippen MR) is 85.2 cm³/mol. The Kier molecular flexibility index (Phi) is 5.47. The van der Waals surface area contributed by atoms with Crippen molar-refractivity contribution in [3.63, 3.8) is 0 Å². The number of ether oxygens (including phenoxy) is 1. The second-order valence-electron chi connectivity index (χ2n) is 6.39. The lowest BCUT2D eigenvalue weighted by Gasteiger charge is -2.21. The van der Waals surface area contributed by atoms with Gasteiger partial charge >= 0.3 is 0 Å². The van der Waals surface area contributed by atoms with Crippen molar-refractivity contribution in [3.05, 3.63) is 28.8 Å². The molecule has 0 aromatic heterocycles. The molecule has 1 saturated carbocycles. The maximum atomic E-state index is 6.47. The predicted octanol–water partition coefficient (Wildman–Crippen LogP) is 4.67. The molecule has 1 aliphatic carbocycles. The molecule has 2 heteroatoms. The van der Waals surface area contributed by atoms with E-state index in [-0.39, 0.29) is 6.04 Å². The van der Waals surface area contributed by atoms with Gasteiger partial charge in [-0.25, -0.2) is 0 Å². The average molecular weight is 275 g/mol. The van der Waals surface area contributed by atoms with E-state index in [0.717, 1.165) is 18.1 Å². The summed E-state index contributed by atoms with van der Waals surface area (Å²) in [6, 6.07) is 4.57. The summed E-state index contributed by atoms with van der Waals surface area (Å²) in [4.78, 5) is 0. The van der Waals surface area contributed by atoms with Crippen LogP contribution in [0.4, 0.5) is 0 Å². The first-order chi connectivity index (χ1) is 9.61. The molecule has 1 aromatic rings. The fourth-order valence-corrected chi connectivity index (χ4v) is 3.61. The van der Waals surface area contributed by atoms with Gasteiger partial charge in [-0.05, 0) is 42.9 Å². The van der Waals surface area contributed by atoms with E-state index in [9.17, 15) is 0 Å². The summed E-state index contributed by atoms with van der Waals surface area (Å²) in [5.41, 5.74) is 10.1. The van der Waals surface area contributed by atoms with E-state index in [1.54, 1.807) is 7.11 Å². The highest BCUT2D eigenvalue weighted by Gasteiger charge is 2.18. The van der Waals surface area contributed by atoms with E-state index in [1.807, 2.05) is 0 Å². The number of hydrogen-bond donors (Lipinski definition) is 1. The topological polar surface area (TPSA) is 35.2 Å². The zero-order valence-electron chi connectivity index (χ0n) is 13.2. The summed E-state index contributed by atoms with van der Waals surface area (Å²) in [5.74, 6) is 1.81. The summed E-state index contributed by atoms with van der Waals surface area (Å²) in [5, 5.41) is 0. The van der Waals surface area contributed by atoms with Crippen molar-refractivity contribution < 1.29 is 4.74 Å². The van der Waals surface area contributed by atoms with Crippen molar-refractivity contribution in [2.45, 2.75) is 64.8 Å². The molecule has 20 heavy (non-hydrogen) atoms. The van der Waals surface area contributed by atoms with Crippen molar-refractivity contribution in [1.82, 2.24) is 0 Å². The summed E-state index contributed by atoms with van der Waals surface area (Å²) >= 11 is 0. The summed E-state index contributed by atoms with van der Waals surface area (Å²) in [6.07, 6.45) is 9.45. The van der Waals surface area contributed by atoms with E-state index < -0.39 is 0 Å². The molecular weight excluding hydrogens is 246 g/mol. The van der Waals surface area contributed by atoms with Crippen molar-refractivity contribution in [2.75, 3.05) is 7.11 Å². The lowest BCUT2D eigenvalue weighted by molar-refractivity contribution is 0.391. The molecule has 2 rings (SSSR count). The average Bonchev–Trinajstić information content (AvgIpc) is 2.67. The highest BCUT2D eigenvalue weighted by molar-refractivity contribution is 5.44. The number of aryl methyl sites for hydroxylation is 2. The SMILES string of the molecule is COc1c(C)cc(C(N)CC2CCCCCC2)cc1C. The Labute approximate surface area is 123 Å². The van der Waals surface area contributed by atoms with Crippen LogP contribution in [0.2, 0.25) is 0 Å². The van der Waals surface area contributed by atoms with Crippen LogP contribution in [0.15, 0.2) is 12.1 Å². The van der Waals surface area contributed by atoms with Gasteiger partial charge in [-0.2, -0.15) is 0 Å². The van der Waals surface area contributed by atoms with Gasteiger partial charge in [0.1, 0.15) is 5.75 Å². The van der Waals surface area contributed by atoms with Crippen molar-refractivity contribution in [2.24, 2.45) is 11.7 Å². The van der Waals surface area contributed by atoms with E-state index in [0.29, 0.717) is 0 Å². The van der Waals surface area contributed by atoms with Gasteiger partial charge in [0.15, 0.2) is 0 Å². The zero-order valence-corrected chi connectivity index (χ0v) is 13.2. The molecule has 2 N–H and O–H groups in total. The Balaban J connectivity index is 2.06. The molecule has 1 aromatic carbocycles. The lowest BCUT2D eigenvalue weighted by atomic mass is 9.89. The molecule has 0 heterocycles. The molecular formula is C18H29NO. The van der Waals surface area contributed by atoms with E-state index in [4.69, 9.17) is 10.5 Å². The summed E-state index contributed by atoms with van der Waals surface area (Å²) in [6.45, 7) is 4.21. The van der Waals surface area contributed by atoms with Crippen LogP contribution in [0.5, 0.6) is 5.75 Å². The maximum absolute atomic E-state index is 6.47. The second kappa shape index (κ2) is 7.12. The molecule has 0 bridgehead atoms. The first-order valence-electron chi connectivity index (χ1n) is 8.02. The first kappa shape index (κ1) is 15.4. The van der Waals surface area contributed by atoms with E-state index in [1.165, 1.54) is 55.2 Å². The molecule has 1 fully saturated rings. The van der Waals surface area contributed by atoms with Crippen molar-refractivity contribution in [3.8, 4) is 5.75 Å². The summed E-state index contributed by atoms with van der Waals surface area (Å²) < 4.78 is 5.44. The third-order valence-electron chi connectivity index (χ3n) is 4.68. The van der Waals surface area contributed by atoms with E-state index >= 15 is 0 Å². The molecule has 0 radical (unpaired) electrons. The quantitative estimate of drug-likeness (QED) is 0.810. The van der Waals surface area contributed by atoms with Gasteiger partial charge in [0.2, 0.25) is 0 Å². The van der Waals surface area contributed by atoms with Crippen LogP contribution < -0.4 is 10.5 Å². The van der Waals surface area contributed by atoms with Crippen LogP contribution in [0.3, 0.4) is 0 Å². The molecule has 0 spiro atoms. The van der Waals surface area contributed by atoms with Gasteiger partial charge in [-0.1, -0.05) is 50.7 Å². The Morgan fingerprint density at radius 3 is 2.15 bits per heavy atom. The van der Waals surface area contributed by atoms with Crippen LogP contribution in [0.25, 0.3) is 0 Å². The van der Waals surface area contributed by atoms with Crippen molar-refractivity contribution >= 4 is 0 Å². The van der Waals surface area contributed by atoms with Gasteiger partial charge in [0.05, 0.1) is 7.11 Å². The van der Waals surface area contributed by atoms with Crippen LogP contribution in [0.1, 0.15) is 67.7 Å². The highest BCUT2D eigenvalue weighted by atomic mass is 16.5. The molecule has 112 valence electrons. The Morgan fingerprint density at radius 1 is 1.10 bits per heavy atom. The lowest BCUT2D eigenvalue weighted by Crippen LogP contribution is -2.16. The van der Waals surface area contributed by atoms with Crippen LogP contribution in [0, 0.1) is 19.8 Å². The standard InChI is InChI=1S/C18H29NO/c1-13-10-16(11-14(2)18(13)20-3)17(19)12-15-8-6-4-5-7-9-15/h10-11,15,17H,4-9,12,19H2,1-3H3. The number of hydrogen-bond acceptors (Lipinski definition) is 2. The summed E-state index contributed by atoms with van der Waals surface area (Å²) in [7, 11) is 1.74. The third kappa shape index (κ3) is 3.76. The van der Waals surface area contributed by atoms with E-state index in [2.05, 4.69) is 26.0 Å². The minimum absolute atomic E-state index is 0.168. The van der Waals surface area contributed by atoms with Crippen LogP contribution in [-0.4, -0.2) is 7.11 Å². The second-order valence-corrected chi connectivity index (χ2v) is 6.39. The molecule has 0 amide bonds. The fraction of sp³-hybridized carbons (Fsp3) is 0.667. The van der Waals surface area contributed by atoms with Gasteiger partial charge in [-0.3, -0.25) is 0 Å². The van der Waals surface area contributed by atoms with Gasteiger partial charge in [0.25, 0.3) is 0 Å². The van der Waals surface area contributed by atoms with Gasteiger partial charge in [-0.15, -0.1) is 0 Å². The number of methoxy groups -OCH3 is 1.